The molecule has 0 saturated heterocycles. The van der Waals surface area contributed by atoms with Gasteiger partial charge in [-0.3, -0.25) is 4.98 Å². The minimum atomic E-state index is 0.955. The molecule has 0 saturated carbocycles. The summed E-state index contributed by atoms with van der Waals surface area (Å²) in [4.78, 5) is 4.08. The SMILES string of the molecule is c1ccc2c(c1)c1ccccc1[n+]1cn(-c3ccncc3)nc21. The zero-order chi connectivity index (χ0) is 15.2. The van der Waals surface area contributed by atoms with Crippen LogP contribution in [-0.2, 0) is 0 Å². The molecule has 0 spiro atoms. The Morgan fingerprint density at radius 3 is 2.26 bits per heavy atom. The van der Waals surface area contributed by atoms with Crippen molar-refractivity contribution in [2.24, 2.45) is 0 Å². The first-order valence-corrected chi connectivity index (χ1v) is 7.53. The average molecular weight is 297 g/mol. The summed E-state index contributed by atoms with van der Waals surface area (Å²) in [6.45, 7) is 0. The van der Waals surface area contributed by atoms with Gasteiger partial charge in [0.05, 0.1) is 10.5 Å². The molecule has 0 atom stereocenters. The van der Waals surface area contributed by atoms with Gasteiger partial charge in [-0.2, -0.15) is 4.40 Å². The first-order chi connectivity index (χ1) is 11.4. The number of fused-ring (bicyclic) bond motifs is 6. The van der Waals surface area contributed by atoms with Gasteiger partial charge in [0.1, 0.15) is 11.2 Å². The fraction of sp³-hybridized carbons (Fsp3) is 0. The van der Waals surface area contributed by atoms with Crippen molar-refractivity contribution in [3.63, 3.8) is 0 Å². The summed E-state index contributed by atoms with van der Waals surface area (Å²) in [5, 5.41) is 8.42. The lowest BCUT2D eigenvalue weighted by molar-refractivity contribution is -0.481. The third-order valence-electron chi connectivity index (χ3n) is 4.20. The van der Waals surface area contributed by atoms with Crippen LogP contribution in [0.5, 0.6) is 0 Å². The van der Waals surface area contributed by atoms with Crippen molar-refractivity contribution in [1.29, 1.82) is 0 Å². The maximum atomic E-state index is 4.81. The topological polar surface area (TPSA) is 34.8 Å². The Morgan fingerprint density at radius 1 is 0.739 bits per heavy atom. The molecule has 3 aromatic heterocycles. The van der Waals surface area contributed by atoms with Gasteiger partial charge in [-0.25, -0.2) is 0 Å². The Morgan fingerprint density at radius 2 is 1.43 bits per heavy atom. The van der Waals surface area contributed by atoms with Crippen molar-refractivity contribution in [2.75, 3.05) is 0 Å². The average Bonchev–Trinajstić information content (AvgIpc) is 3.09. The molecule has 0 amide bonds. The van der Waals surface area contributed by atoms with Crippen LogP contribution in [0.2, 0.25) is 0 Å². The summed E-state index contributed by atoms with van der Waals surface area (Å²) in [5.74, 6) is 0. The maximum Gasteiger partial charge on any atom is 0.314 e. The molecule has 4 heteroatoms. The van der Waals surface area contributed by atoms with E-state index in [0.29, 0.717) is 0 Å². The number of nitrogens with zero attached hydrogens (tertiary/aromatic N) is 4. The highest BCUT2D eigenvalue weighted by Crippen LogP contribution is 2.25. The molecular weight excluding hydrogens is 284 g/mol. The number of pyridine rings is 2. The van der Waals surface area contributed by atoms with Gasteiger partial charge in [-0.1, -0.05) is 41.1 Å². The van der Waals surface area contributed by atoms with Gasteiger partial charge in [0, 0.05) is 17.8 Å². The fourth-order valence-corrected chi connectivity index (χ4v) is 3.15. The molecule has 0 bridgehead atoms. The van der Waals surface area contributed by atoms with E-state index < -0.39 is 0 Å². The van der Waals surface area contributed by atoms with Crippen LogP contribution in [0.3, 0.4) is 0 Å². The van der Waals surface area contributed by atoms with Crippen LogP contribution >= 0.6 is 0 Å². The molecule has 0 N–H and O–H groups in total. The molecule has 2 aromatic carbocycles. The van der Waals surface area contributed by atoms with Gasteiger partial charge in [0.15, 0.2) is 0 Å². The first kappa shape index (κ1) is 12.3. The van der Waals surface area contributed by atoms with Crippen molar-refractivity contribution in [3.8, 4) is 5.69 Å². The molecule has 0 fully saturated rings. The van der Waals surface area contributed by atoms with Crippen molar-refractivity contribution >= 4 is 27.3 Å². The number of para-hydroxylation sites is 1. The number of hydrogen-bond acceptors (Lipinski definition) is 2. The van der Waals surface area contributed by atoms with Crippen LogP contribution in [0.4, 0.5) is 0 Å². The Hall–Kier alpha value is -3.27. The quantitative estimate of drug-likeness (QED) is 0.351. The van der Waals surface area contributed by atoms with E-state index in [2.05, 4.69) is 57.9 Å². The van der Waals surface area contributed by atoms with E-state index in [-0.39, 0.29) is 0 Å². The predicted octanol–water partition coefficient (Wildman–Crippen LogP) is 3.31. The van der Waals surface area contributed by atoms with E-state index in [0.717, 1.165) is 22.2 Å². The maximum absolute atomic E-state index is 4.81. The molecular formula is C19H13N4+. The molecule has 108 valence electrons. The van der Waals surface area contributed by atoms with Gasteiger partial charge in [-0.15, -0.1) is 0 Å². The second-order valence-electron chi connectivity index (χ2n) is 5.52. The standard InChI is InChI=1S/C19H13N4/c1-2-7-17-15(5-1)16-6-3-4-8-18(16)22-13-23(21-19(17)22)14-9-11-20-12-10-14/h1-13H/q+1. The van der Waals surface area contributed by atoms with E-state index in [9.17, 15) is 0 Å². The number of aromatic nitrogens is 4. The first-order valence-electron chi connectivity index (χ1n) is 7.53. The monoisotopic (exact) mass is 297 g/mol. The molecule has 5 rings (SSSR count). The minimum absolute atomic E-state index is 0.955. The molecule has 0 aliphatic rings. The van der Waals surface area contributed by atoms with Gasteiger partial charge >= 0.3 is 5.65 Å². The minimum Gasteiger partial charge on any atom is -0.264 e. The van der Waals surface area contributed by atoms with Crippen LogP contribution in [0.15, 0.2) is 79.4 Å². The highest BCUT2D eigenvalue weighted by atomic mass is 15.3. The summed E-state index contributed by atoms with van der Waals surface area (Å²) in [6, 6.07) is 20.8. The zero-order valence-corrected chi connectivity index (χ0v) is 12.3. The van der Waals surface area contributed by atoms with Crippen LogP contribution in [0.1, 0.15) is 0 Å². The summed E-state index contributed by atoms with van der Waals surface area (Å²) < 4.78 is 4.05. The molecule has 4 nitrogen and oxygen atoms in total. The summed E-state index contributed by atoms with van der Waals surface area (Å²) in [7, 11) is 0. The molecule has 5 aromatic rings. The lowest BCUT2D eigenvalue weighted by Crippen LogP contribution is -2.20. The summed E-state index contributed by atoms with van der Waals surface area (Å²) in [5.41, 5.74) is 3.11. The lowest BCUT2D eigenvalue weighted by Gasteiger charge is -2.02. The van der Waals surface area contributed by atoms with E-state index in [1.165, 1.54) is 10.8 Å². The second-order valence-corrected chi connectivity index (χ2v) is 5.52. The predicted molar refractivity (Wildman–Crippen MR) is 89.5 cm³/mol. The van der Waals surface area contributed by atoms with E-state index >= 15 is 0 Å². The fourth-order valence-electron chi connectivity index (χ4n) is 3.15. The lowest BCUT2D eigenvalue weighted by atomic mass is 10.1. The van der Waals surface area contributed by atoms with E-state index in [1.807, 2.05) is 23.1 Å². The Kier molecular flexibility index (Phi) is 2.46. The number of rotatable bonds is 1. The van der Waals surface area contributed by atoms with Crippen LogP contribution in [-0.4, -0.2) is 14.8 Å². The summed E-state index contributed by atoms with van der Waals surface area (Å²) >= 11 is 0. The van der Waals surface area contributed by atoms with Crippen molar-refractivity contribution in [3.05, 3.63) is 79.4 Å². The third-order valence-corrected chi connectivity index (χ3v) is 4.20. The van der Waals surface area contributed by atoms with Crippen molar-refractivity contribution in [1.82, 2.24) is 14.8 Å². The molecule has 0 unspecified atom stereocenters. The van der Waals surface area contributed by atoms with Gasteiger partial charge in [-0.05, 0) is 29.7 Å². The highest BCUT2D eigenvalue weighted by Gasteiger charge is 2.18. The molecule has 23 heavy (non-hydrogen) atoms. The normalized spacial score (nSPS) is 11.5. The van der Waals surface area contributed by atoms with E-state index in [1.54, 1.807) is 12.4 Å². The van der Waals surface area contributed by atoms with Crippen LogP contribution in [0.25, 0.3) is 33.0 Å². The second kappa shape index (κ2) is 4.61. The zero-order valence-electron chi connectivity index (χ0n) is 12.3. The molecule has 0 aliphatic carbocycles. The highest BCUT2D eigenvalue weighted by molar-refractivity contribution is 6.08. The molecule has 0 radical (unpaired) electrons. The van der Waals surface area contributed by atoms with Crippen molar-refractivity contribution in [2.45, 2.75) is 0 Å². The number of benzene rings is 2. The smallest absolute Gasteiger partial charge is 0.264 e. The van der Waals surface area contributed by atoms with E-state index in [4.69, 9.17) is 5.10 Å². The Labute approximate surface area is 132 Å². The Bertz CT molecular complexity index is 1090. The van der Waals surface area contributed by atoms with Gasteiger partial charge in [0.2, 0.25) is 6.33 Å². The molecule has 3 heterocycles. The third kappa shape index (κ3) is 1.75. The Balaban J connectivity index is 1.99. The van der Waals surface area contributed by atoms with Crippen molar-refractivity contribution < 1.29 is 4.40 Å². The van der Waals surface area contributed by atoms with Crippen LogP contribution < -0.4 is 4.40 Å². The van der Waals surface area contributed by atoms with Gasteiger partial charge < -0.3 is 0 Å². The largest absolute Gasteiger partial charge is 0.314 e. The molecule has 0 aliphatic heterocycles. The number of hydrogen-bond donors (Lipinski definition) is 0. The van der Waals surface area contributed by atoms with Crippen LogP contribution in [0, 0.1) is 0 Å². The van der Waals surface area contributed by atoms with Gasteiger partial charge in [0.25, 0.3) is 0 Å². The summed E-state index contributed by atoms with van der Waals surface area (Å²) in [6.07, 6.45) is 5.59.